The quantitative estimate of drug-likeness (QED) is 0.560. The number of aliphatic hydroxyl groups is 2. The number of hydrogen-bond donors (Lipinski definition) is 3. The van der Waals surface area contributed by atoms with Crippen LogP contribution in [-0.4, -0.2) is 35.3 Å². The molecule has 4 rings (SSSR count). The molecule has 3 aromatic carbocycles. The number of benzene rings is 3. The van der Waals surface area contributed by atoms with Gasteiger partial charge in [0.25, 0.3) is 0 Å². The summed E-state index contributed by atoms with van der Waals surface area (Å²) in [5.41, 5.74) is 3.54. The largest absolute Gasteiger partial charge is 0.491 e. The maximum atomic E-state index is 14.0. The molecule has 0 bridgehead atoms. The third-order valence-corrected chi connectivity index (χ3v) is 5.20. The van der Waals surface area contributed by atoms with Gasteiger partial charge in [-0.15, -0.1) is 0 Å². The molecule has 0 spiro atoms. The molecule has 5 nitrogen and oxygen atoms in total. The molecule has 0 fully saturated rings. The monoisotopic (exact) mass is 425 g/mol. The van der Waals surface area contributed by atoms with E-state index in [1.807, 2.05) is 6.07 Å². The number of hydrogen-bond acceptors (Lipinski definition) is 5. The molecule has 1 atom stereocenters. The number of aryl methyl sites for hydroxylation is 2. The average Bonchev–Trinajstić information content (AvgIpc) is 2.90. The number of ether oxygens (including phenoxy) is 1. The molecule has 0 aliphatic heterocycles. The van der Waals surface area contributed by atoms with Gasteiger partial charge in [0.2, 0.25) is 0 Å². The molecule has 1 aliphatic carbocycles. The van der Waals surface area contributed by atoms with Gasteiger partial charge in [0.15, 0.2) is 5.78 Å². The second-order valence-electron chi connectivity index (χ2n) is 7.42. The molecule has 3 N–H and O–H groups in total. The van der Waals surface area contributed by atoms with E-state index in [2.05, 4.69) is 5.32 Å². The molecule has 1 aliphatic rings. The Bertz CT molecular complexity index is 1130. The van der Waals surface area contributed by atoms with Gasteiger partial charge < -0.3 is 20.3 Å². The average molecular weight is 425 g/mol. The predicted molar refractivity (Wildman–Crippen MR) is 112 cm³/mol. The van der Waals surface area contributed by atoms with Crippen LogP contribution in [0.3, 0.4) is 0 Å². The van der Waals surface area contributed by atoms with Gasteiger partial charge in [-0.05, 0) is 66.4 Å². The van der Waals surface area contributed by atoms with Crippen LogP contribution < -0.4 is 10.1 Å². The molecular formula is C24H21F2NO4. The first kappa shape index (κ1) is 21.0. The highest BCUT2D eigenvalue weighted by molar-refractivity contribution is 6.11. The Morgan fingerprint density at radius 2 is 1.77 bits per heavy atom. The summed E-state index contributed by atoms with van der Waals surface area (Å²) in [7, 11) is 0. The molecule has 0 heterocycles. The van der Waals surface area contributed by atoms with Crippen LogP contribution in [0.4, 0.5) is 20.2 Å². The van der Waals surface area contributed by atoms with Crippen LogP contribution in [0.2, 0.25) is 0 Å². The van der Waals surface area contributed by atoms with Gasteiger partial charge in [0.1, 0.15) is 30.1 Å². The minimum atomic E-state index is -0.993. The van der Waals surface area contributed by atoms with E-state index in [0.29, 0.717) is 35.4 Å². The molecule has 3 aromatic rings. The van der Waals surface area contributed by atoms with Crippen molar-refractivity contribution < 1.29 is 28.5 Å². The number of carbonyl (C=O) groups is 1. The van der Waals surface area contributed by atoms with Crippen LogP contribution in [-0.2, 0) is 12.8 Å². The third-order valence-electron chi connectivity index (χ3n) is 5.20. The first-order valence-corrected chi connectivity index (χ1v) is 9.89. The van der Waals surface area contributed by atoms with Crippen molar-refractivity contribution in [1.29, 1.82) is 0 Å². The molecule has 0 unspecified atom stereocenters. The minimum Gasteiger partial charge on any atom is -0.491 e. The van der Waals surface area contributed by atoms with Crippen molar-refractivity contribution in [2.75, 3.05) is 18.5 Å². The minimum absolute atomic E-state index is 0.0744. The van der Waals surface area contributed by atoms with Crippen molar-refractivity contribution in [3.8, 4) is 5.75 Å². The maximum absolute atomic E-state index is 14.0. The zero-order valence-corrected chi connectivity index (χ0v) is 16.6. The maximum Gasteiger partial charge on any atom is 0.193 e. The lowest BCUT2D eigenvalue weighted by Crippen LogP contribution is -2.21. The Kier molecular flexibility index (Phi) is 5.97. The zero-order chi connectivity index (χ0) is 22.0. The van der Waals surface area contributed by atoms with E-state index in [9.17, 15) is 18.7 Å². The van der Waals surface area contributed by atoms with Crippen LogP contribution >= 0.6 is 0 Å². The predicted octanol–water partition coefficient (Wildman–Crippen LogP) is 3.77. The van der Waals surface area contributed by atoms with Crippen LogP contribution in [0.5, 0.6) is 5.75 Å². The molecule has 0 saturated heterocycles. The SMILES string of the molecule is O=C1c2ccc(Nc3ccc(F)cc3F)cc2CCc2ccc(OC[C@@H](O)CO)cc21. The topological polar surface area (TPSA) is 78.8 Å². The summed E-state index contributed by atoms with van der Waals surface area (Å²) in [5.74, 6) is -1.05. The van der Waals surface area contributed by atoms with Gasteiger partial charge >= 0.3 is 0 Å². The van der Waals surface area contributed by atoms with Gasteiger partial charge in [0, 0.05) is 22.9 Å². The highest BCUT2D eigenvalue weighted by Crippen LogP contribution is 2.30. The van der Waals surface area contributed by atoms with Crippen LogP contribution in [0.25, 0.3) is 0 Å². The molecule has 160 valence electrons. The molecule has 0 radical (unpaired) electrons. The lowest BCUT2D eigenvalue weighted by Gasteiger charge is -2.12. The number of aliphatic hydroxyl groups excluding tert-OH is 2. The van der Waals surface area contributed by atoms with Gasteiger partial charge in [0.05, 0.1) is 12.3 Å². The molecule has 0 amide bonds. The molecular weight excluding hydrogens is 404 g/mol. The highest BCUT2D eigenvalue weighted by atomic mass is 19.1. The summed E-state index contributed by atoms with van der Waals surface area (Å²) >= 11 is 0. The van der Waals surface area contributed by atoms with Crippen LogP contribution in [0, 0.1) is 11.6 Å². The number of halogens is 2. The summed E-state index contributed by atoms with van der Waals surface area (Å²) in [6, 6.07) is 13.7. The van der Waals surface area contributed by atoms with Gasteiger partial charge in [-0.1, -0.05) is 6.07 Å². The fourth-order valence-corrected chi connectivity index (χ4v) is 3.58. The second-order valence-corrected chi connectivity index (χ2v) is 7.42. The van der Waals surface area contributed by atoms with Gasteiger partial charge in [-0.25, -0.2) is 8.78 Å². The number of carbonyl (C=O) groups excluding carboxylic acids is 1. The summed E-state index contributed by atoms with van der Waals surface area (Å²) in [4.78, 5) is 13.2. The van der Waals surface area contributed by atoms with Crippen molar-refractivity contribution in [1.82, 2.24) is 0 Å². The van der Waals surface area contributed by atoms with Crippen molar-refractivity contribution in [2.24, 2.45) is 0 Å². The van der Waals surface area contributed by atoms with Crippen molar-refractivity contribution >= 4 is 17.2 Å². The molecule has 0 saturated carbocycles. The lowest BCUT2D eigenvalue weighted by atomic mass is 9.98. The Hall–Kier alpha value is -3.29. The van der Waals surface area contributed by atoms with Gasteiger partial charge in [-0.2, -0.15) is 0 Å². The summed E-state index contributed by atoms with van der Waals surface area (Å²) in [6.07, 6.45) is 0.271. The highest BCUT2D eigenvalue weighted by Gasteiger charge is 2.22. The van der Waals surface area contributed by atoms with E-state index in [4.69, 9.17) is 9.84 Å². The second kappa shape index (κ2) is 8.83. The van der Waals surface area contributed by atoms with Crippen molar-refractivity contribution in [3.63, 3.8) is 0 Å². The third kappa shape index (κ3) is 4.57. The number of fused-ring (bicyclic) bond motifs is 2. The number of rotatable bonds is 6. The summed E-state index contributed by atoms with van der Waals surface area (Å²) < 4.78 is 32.6. The summed E-state index contributed by atoms with van der Waals surface area (Å²) in [6.45, 7) is -0.482. The van der Waals surface area contributed by atoms with Crippen molar-refractivity contribution in [2.45, 2.75) is 18.9 Å². The first-order chi connectivity index (χ1) is 14.9. The standard InChI is InChI=1S/C24H21F2NO4/c25-16-4-8-23(22(26)10-16)27-17-5-7-20-15(9-17)2-1-14-3-6-19(11-21(14)24(20)30)31-13-18(29)12-28/h3-11,18,27-29H,1-2,12-13H2/t18-/m0/s1. The van der Waals surface area contributed by atoms with Crippen LogP contribution in [0.15, 0.2) is 54.6 Å². The van der Waals surface area contributed by atoms with Gasteiger partial charge in [-0.3, -0.25) is 4.79 Å². The summed E-state index contributed by atoms with van der Waals surface area (Å²) in [5, 5.41) is 21.3. The normalized spacial score (nSPS) is 13.7. The fraction of sp³-hybridized carbons (Fsp3) is 0.208. The Morgan fingerprint density at radius 1 is 0.968 bits per heavy atom. The van der Waals surface area contributed by atoms with E-state index >= 15 is 0 Å². The van der Waals surface area contributed by atoms with E-state index < -0.39 is 24.3 Å². The molecule has 7 heteroatoms. The number of nitrogens with one attached hydrogen (secondary N) is 1. The van der Waals surface area contributed by atoms with E-state index in [1.165, 1.54) is 12.1 Å². The molecule has 31 heavy (non-hydrogen) atoms. The zero-order valence-electron chi connectivity index (χ0n) is 16.6. The van der Waals surface area contributed by atoms with E-state index in [0.717, 1.165) is 17.2 Å². The molecule has 0 aromatic heterocycles. The Balaban J connectivity index is 1.58. The number of anilines is 2. The Labute approximate surface area is 177 Å². The lowest BCUT2D eigenvalue weighted by molar-refractivity contribution is 0.0536. The van der Waals surface area contributed by atoms with Crippen molar-refractivity contribution in [3.05, 3.63) is 88.5 Å². The van der Waals surface area contributed by atoms with Crippen LogP contribution in [0.1, 0.15) is 27.0 Å². The number of ketones is 1. The smallest absolute Gasteiger partial charge is 0.193 e. The fourth-order valence-electron chi connectivity index (χ4n) is 3.58. The first-order valence-electron chi connectivity index (χ1n) is 9.89. The van der Waals surface area contributed by atoms with E-state index in [-0.39, 0.29) is 18.1 Å². The van der Waals surface area contributed by atoms with E-state index in [1.54, 1.807) is 30.3 Å². The Morgan fingerprint density at radius 3 is 2.55 bits per heavy atom.